The van der Waals surface area contributed by atoms with Crippen LogP contribution in [-0.4, -0.2) is 32.7 Å². The normalized spacial score (nSPS) is 22.0. The second kappa shape index (κ2) is 5.82. The summed E-state index contributed by atoms with van der Waals surface area (Å²) in [6.07, 6.45) is 2.74. The third kappa shape index (κ3) is 4.09. The summed E-state index contributed by atoms with van der Waals surface area (Å²) in [5.41, 5.74) is 0.107. The van der Waals surface area contributed by atoms with E-state index >= 15 is 0 Å². The van der Waals surface area contributed by atoms with Crippen molar-refractivity contribution in [2.75, 3.05) is 22.8 Å². The number of rotatable bonds is 4. The number of hydrogen-bond acceptors (Lipinski definition) is 4. The van der Waals surface area contributed by atoms with Crippen LogP contribution in [0, 0.1) is 0 Å². The summed E-state index contributed by atoms with van der Waals surface area (Å²) in [5, 5.41) is 6.26. The van der Waals surface area contributed by atoms with Crippen molar-refractivity contribution in [3.8, 4) is 0 Å². The highest BCUT2D eigenvalue weighted by Gasteiger charge is 2.36. The monoisotopic (exact) mass is 331 g/mol. The Kier molecular flexibility index (Phi) is 4.46. The Balaban J connectivity index is 2.19. The van der Waals surface area contributed by atoms with Crippen LogP contribution >= 0.6 is 11.6 Å². The Labute approximate surface area is 129 Å². The molecule has 21 heavy (non-hydrogen) atoms. The minimum atomic E-state index is -3.38. The summed E-state index contributed by atoms with van der Waals surface area (Å²) in [6, 6.07) is 4.57. The lowest BCUT2D eigenvalue weighted by molar-refractivity contribution is -0.121. The van der Waals surface area contributed by atoms with Gasteiger partial charge in [-0.25, -0.2) is 8.42 Å². The van der Waals surface area contributed by atoms with Crippen molar-refractivity contribution < 1.29 is 13.2 Å². The van der Waals surface area contributed by atoms with Gasteiger partial charge in [-0.05, 0) is 44.5 Å². The fourth-order valence-corrected chi connectivity index (χ4v) is 2.97. The standard InChI is InChI=1S/C13H18ClN3O3S/c1-13(6-3-7-15-13)12(18)16-11-8-9(4-5-10(11)14)17-21(2,19)20/h4-5,8,15,17H,3,6-7H2,1-2H3,(H,16,18). The van der Waals surface area contributed by atoms with E-state index in [0.29, 0.717) is 16.4 Å². The van der Waals surface area contributed by atoms with E-state index in [-0.39, 0.29) is 5.91 Å². The molecule has 0 saturated carbocycles. The molecule has 1 aliphatic rings. The molecule has 8 heteroatoms. The first-order chi connectivity index (χ1) is 9.70. The topological polar surface area (TPSA) is 87.3 Å². The lowest BCUT2D eigenvalue weighted by Gasteiger charge is -2.23. The quantitative estimate of drug-likeness (QED) is 0.785. The molecule has 0 bridgehead atoms. The van der Waals surface area contributed by atoms with Gasteiger partial charge in [-0.2, -0.15) is 0 Å². The molecule has 3 N–H and O–H groups in total. The second-order valence-electron chi connectivity index (χ2n) is 5.39. The van der Waals surface area contributed by atoms with Gasteiger partial charge in [-0.3, -0.25) is 9.52 Å². The Morgan fingerprint density at radius 3 is 2.71 bits per heavy atom. The predicted octanol–water partition coefficient (Wildman–Crippen LogP) is 1.79. The van der Waals surface area contributed by atoms with Crippen molar-refractivity contribution >= 4 is 38.9 Å². The van der Waals surface area contributed by atoms with E-state index in [0.717, 1.165) is 25.6 Å². The number of halogens is 1. The molecule has 1 atom stereocenters. The second-order valence-corrected chi connectivity index (χ2v) is 7.54. The first-order valence-electron chi connectivity index (χ1n) is 6.53. The molecule has 1 aliphatic heterocycles. The number of hydrogen-bond donors (Lipinski definition) is 3. The van der Waals surface area contributed by atoms with Crippen molar-refractivity contribution in [3.63, 3.8) is 0 Å². The van der Waals surface area contributed by atoms with E-state index in [1.54, 1.807) is 0 Å². The van der Waals surface area contributed by atoms with Crippen molar-refractivity contribution in [2.45, 2.75) is 25.3 Å². The maximum atomic E-state index is 12.3. The number of carbonyl (C=O) groups is 1. The van der Waals surface area contributed by atoms with Gasteiger partial charge in [0, 0.05) is 0 Å². The highest BCUT2D eigenvalue weighted by Crippen LogP contribution is 2.28. The fraction of sp³-hybridized carbons (Fsp3) is 0.462. The zero-order valence-electron chi connectivity index (χ0n) is 11.9. The van der Waals surface area contributed by atoms with Gasteiger partial charge in [0.05, 0.1) is 28.2 Å². The van der Waals surface area contributed by atoms with Crippen LogP contribution in [0.3, 0.4) is 0 Å². The highest BCUT2D eigenvalue weighted by atomic mass is 35.5. The van der Waals surface area contributed by atoms with E-state index < -0.39 is 15.6 Å². The molecule has 1 saturated heterocycles. The van der Waals surface area contributed by atoms with Crippen molar-refractivity contribution in [1.82, 2.24) is 5.32 Å². The average molecular weight is 332 g/mol. The van der Waals surface area contributed by atoms with Gasteiger partial charge in [0.2, 0.25) is 15.9 Å². The van der Waals surface area contributed by atoms with Gasteiger partial charge in [0.1, 0.15) is 0 Å². The summed E-state index contributed by atoms with van der Waals surface area (Å²) in [5.74, 6) is -0.182. The maximum absolute atomic E-state index is 12.3. The first kappa shape index (κ1) is 16.1. The molecular formula is C13H18ClN3O3S. The number of sulfonamides is 1. The molecular weight excluding hydrogens is 314 g/mol. The van der Waals surface area contributed by atoms with Gasteiger partial charge in [0.25, 0.3) is 0 Å². The van der Waals surface area contributed by atoms with Crippen molar-refractivity contribution in [2.24, 2.45) is 0 Å². The van der Waals surface area contributed by atoms with Gasteiger partial charge >= 0.3 is 0 Å². The molecule has 1 aromatic carbocycles. The Morgan fingerprint density at radius 1 is 1.43 bits per heavy atom. The lowest BCUT2D eigenvalue weighted by atomic mass is 9.99. The van der Waals surface area contributed by atoms with Crippen LogP contribution in [0.1, 0.15) is 19.8 Å². The number of benzene rings is 1. The summed E-state index contributed by atoms with van der Waals surface area (Å²) in [7, 11) is -3.38. The van der Waals surface area contributed by atoms with Crippen LogP contribution < -0.4 is 15.4 Å². The molecule has 0 spiro atoms. The van der Waals surface area contributed by atoms with Crippen LogP contribution in [0.5, 0.6) is 0 Å². The van der Waals surface area contributed by atoms with Crippen LogP contribution in [0.4, 0.5) is 11.4 Å². The minimum absolute atomic E-state index is 0.182. The Bertz CT molecular complexity index is 655. The molecule has 0 radical (unpaired) electrons. The minimum Gasteiger partial charge on any atom is -0.323 e. The number of anilines is 2. The summed E-state index contributed by atoms with van der Waals surface area (Å²) in [4.78, 5) is 12.3. The van der Waals surface area contributed by atoms with E-state index in [1.807, 2.05) is 6.92 Å². The van der Waals surface area contributed by atoms with Crippen molar-refractivity contribution in [3.05, 3.63) is 23.2 Å². The predicted molar refractivity (Wildman–Crippen MR) is 84.2 cm³/mol. The molecule has 116 valence electrons. The molecule has 6 nitrogen and oxygen atoms in total. The van der Waals surface area contributed by atoms with E-state index in [9.17, 15) is 13.2 Å². The van der Waals surface area contributed by atoms with Gasteiger partial charge in [-0.1, -0.05) is 11.6 Å². The van der Waals surface area contributed by atoms with Crippen LogP contribution in [0.15, 0.2) is 18.2 Å². The smallest absolute Gasteiger partial charge is 0.244 e. The molecule has 0 aromatic heterocycles. The van der Waals surface area contributed by atoms with Crippen LogP contribution in [-0.2, 0) is 14.8 Å². The third-order valence-corrected chi connectivity index (χ3v) is 4.32. The summed E-state index contributed by atoms with van der Waals surface area (Å²) >= 11 is 6.05. The average Bonchev–Trinajstić information content (AvgIpc) is 2.80. The van der Waals surface area contributed by atoms with Gasteiger partial charge in [-0.15, -0.1) is 0 Å². The summed E-state index contributed by atoms with van der Waals surface area (Å²) < 4.78 is 24.8. The van der Waals surface area contributed by atoms with E-state index in [2.05, 4.69) is 15.4 Å². The SMILES string of the molecule is CC1(C(=O)Nc2cc(NS(C)(=O)=O)ccc2Cl)CCCN1. The van der Waals surface area contributed by atoms with Gasteiger partial charge < -0.3 is 10.6 Å². The number of carbonyl (C=O) groups excluding carboxylic acids is 1. The molecule has 1 amide bonds. The van der Waals surface area contributed by atoms with Crippen LogP contribution in [0.25, 0.3) is 0 Å². The van der Waals surface area contributed by atoms with Gasteiger partial charge in [0.15, 0.2) is 0 Å². The first-order valence-corrected chi connectivity index (χ1v) is 8.80. The highest BCUT2D eigenvalue weighted by molar-refractivity contribution is 7.92. The molecule has 0 aliphatic carbocycles. The molecule has 1 unspecified atom stereocenters. The lowest BCUT2D eigenvalue weighted by Crippen LogP contribution is -2.48. The zero-order chi connectivity index (χ0) is 15.7. The molecule has 1 fully saturated rings. The zero-order valence-corrected chi connectivity index (χ0v) is 13.4. The van der Waals surface area contributed by atoms with E-state index in [1.165, 1.54) is 18.2 Å². The summed E-state index contributed by atoms with van der Waals surface area (Å²) in [6.45, 7) is 2.63. The van der Waals surface area contributed by atoms with Crippen molar-refractivity contribution in [1.29, 1.82) is 0 Å². The molecule has 1 aromatic rings. The number of nitrogens with one attached hydrogen (secondary N) is 3. The Morgan fingerprint density at radius 2 is 2.14 bits per heavy atom. The Hall–Kier alpha value is -1.31. The largest absolute Gasteiger partial charge is 0.323 e. The van der Waals surface area contributed by atoms with Crippen LogP contribution in [0.2, 0.25) is 5.02 Å². The maximum Gasteiger partial charge on any atom is 0.244 e. The fourth-order valence-electron chi connectivity index (χ4n) is 2.25. The van der Waals surface area contributed by atoms with E-state index in [4.69, 9.17) is 11.6 Å². The third-order valence-electron chi connectivity index (χ3n) is 3.39. The molecule has 2 rings (SSSR count). The number of amides is 1. The molecule has 1 heterocycles.